The van der Waals surface area contributed by atoms with E-state index in [1.54, 1.807) is 17.0 Å². The number of carbonyl (C=O) groups excluding carboxylic acids is 2. The van der Waals surface area contributed by atoms with Crippen LogP contribution in [-0.4, -0.2) is 11.7 Å². The summed E-state index contributed by atoms with van der Waals surface area (Å²) in [5, 5.41) is 0.996. The van der Waals surface area contributed by atoms with Gasteiger partial charge in [0, 0.05) is 45.8 Å². The van der Waals surface area contributed by atoms with Crippen LogP contribution >= 0.6 is 23.2 Å². The maximum Gasteiger partial charge on any atom is 0.232 e. The first kappa shape index (κ1) is 21.7. The molecule has 1 aliphatic heterocycles. The van der Waals surface area contributed by atoms with E-state index >= 15 is 0 Å². The highest BCUT2D eigenvalue weighted by Crippen LogP contribution is 2.45. The van der Waals surface area contributed by atoms with Gasteiger partial charge in [-0.05, 0) is 66.9 Å². The topological polar surface area (TPSA) is 46.6 Å². The van der Waals surface area contributed by atoms with Crippen molar-refractivity contribution in [3.05, 3.63) is 99.7 Å². The molecule has 0 aromatic heterocycles. The molecule has 0 spiro atoms. The van der Waals surface area contributed by atoms with Gasteiger partial charge < -0.3 is 4.74 Å². The summed E-state index contributed by atoms with van der Waals surface area (Å²) >= 11 is 12.5. The molecular formula is C27H21Cl2NO3. The lowest BCUT2D eigenvalue weighted by Crippen LogP contribution is -2.40. The van der Waals surface area contributed by atoms with Gasteiger partial charge in [0.1, 0.15) is 11.5 Å². The average Bonchev–Trinajstić information content (AvgIpc) is 2.80. The minimum absolute atomic E-state index is 0.0591. The highest BCUT2D eigenvalue weighted by Gasteiger charge is 2.40. The largest absolute Gasteiger partial charge is 0.457 e. The number of benzene rings is 3. The van der Waals surface area contributed by atoms with Gasteiger partial charge in [-0.2, -0.15) is 0 Å². The summed E-state index contributed by atoms with van der Waals surface area (Å²) in [5.74, 6) is 1.08. The van der Waals surface area contributed by atoms with Gasteiger partial charge in [-0.15, -0.1) is 0 Å². The van der Waals surface area contributed by atoms with Crippen LogP contribution in [0.3, 0.4) is 0 Å². The van der Waals surface area contributed by atoms with E-state index in [0.717, 1.165) is 29.1 Å². The van der Waals surface area contributed by atoms with Crippen molar-refractivity contribution in [2.45, 2.75) is 31.6 Å². The molecule has 1 heterocycles. The van der Waals surface area contributed by atoms with Crippen molar-refractivity contribution in [3.63, 3.8) is 0 Å². The highest BCUT2D eigenvalue weighted by molar-refractivity contribution is 6.35. The van der Waals surface area contributed by atoms with Crippen LogP contribution in [0.15, 0.2) is 84.1 Å². The van der Waals surface area contributed by atoms with Crippen LogP contribution in [0.4, 0.5) is 5.69 Å². The summed E-state index contributed by atoms with van der Waals surface area (Å²) in [5.41, 5.74) is 2.96. The normalized spacial score (nSPS) is 18.4. The van der Waals surface area contributed by atoms with E-state index in [-0.39, 0.29) is 24.0 Å². The van der Waals surface area contributed by atoms with E-state index in [1.165, 1.54) is 0 Å². The Balaban J connectivity index is 1.51. The van der Waals surface area contributed by atoms with Crippen molar-refractivity contribution in [2.75, 3.05) is 4.90 Å². The van der Waals surface area contributed by atoms with Crippen molar-refractivity contribution >= 4 is 40.6 Å². The number of ketones is 1. The molecule has 5 rings (SSSR count). The van der Waals surface area contributed by atoms with Gasteiger partial charge in [0.2, 0.25) is 5.91 Å². The van der Waals surface area contributed by atoms with Crippen LogP contribution < -0.4 is 9.64 Å². The number of allylic oxidation sites excluding steroid dienone is 2. The quantitative estimate of drug-likeness (QED) is 0.395. The van der Waals surface area contributed by atoms with Crippen LogP contribution in [0, 0.1) is 0 Å². The number of nitrogens with zero attached hydrogens (tertiary/aromatic N) is 1. The SMILES string of the molecule is O=C1CCCC2=C1C(c1ccc(Cl)cc1Cl)CC(=O)N2c1ccc(Oc2ccccc2)cc1. The van der Waals surface area contributed by atoms with Gasteiger partial charge in [0.05, 0.1) is 0 Å². The van der Waals surface area contributed by atoms with Gasteiger partial charge in [0.15, 0.2) is 5.78 Å². The lowest BCUT2D eigenvalue weighted by atomic mass is 9.77. The zero-order valence-electron chi connectivity index (χ0n) is 17.8. The molecule has 0 saturated heterocycles. The smallest absolute Gasteiger partial charge is 0.232 e. The zero-order valence-corrected chi connectivity index (χ0v) is 19.3. The van der Waals surface area contributed by atoms with Crippen LogP contribution in [0.1, 0.15) is 37.2 Å². The fourth-order valence-corrected chi connectivity index (χ4v) is 5.17. The maximum absolute atomic E-state index is 13.4. The molecule has 3 aromatic carbocycles. The van der Waals surface area contributed by atoms with Crippen molar-refractivity contribution in [3.8, 4) is 11.5 Å². The Kier molecular flexibility index (Phi) is 5.96. The average molecular weight is 478 g/mol. The molecule has 33 heavy (non-hydrogen) atoms. The van der Waals surface area contributed by atoms with Gasteiger partial charge >= 0.3 is 0 Å². The summed E-state index contributed by atoms with van der Waals surface area (Å²) in [6.07, 6.45) is 2.04. The summed E-state index contributed by atoms with van der Waals surface area (Å²) in [6.45, 7) is 0. The van der Waals surface area contributed by atoms with Gasteiger partial charge in [0.25, 0.3) is 0 Å². The molecule has 1 unspecified atom stereocenters. The molecule has 1 aliphatic carbocycles. The zero-order chi connectivity index (χ0) is 22.9. The number of ether oxygens (including phenoxy) is 1. The molecule has 0 N–H and O–H groups in total. The molecule has 2 aliphatic rings. The molecule has 0 radical (unpaired) electrons. The standard InChI is InChI=1S/C27H21Cl2NO3/c28-17-9-14-21(23(29)15-17)22-16-26(32)30(24-7-4-8-25(31)27(22)24)18-10-12-20(13-11-18)33-19-5-2-1-3-6-19/h1-3,5-6,9-15,22H,4,7-8,16H2. The maximum atomic E-state index is 13.4. The fourth-order valence-electron chi connectivity index (χ4n) is 4.63. The van der Waals surface area contributed by atoms with Crippen molar-refractivity contribution in [1.29, 1.82) is 0 Å². The second-order valence-corrected chi connectivity index (χ2v) is 9.04. The number of hydrogen-bond donors (Lipinski definition) is 0. The number of para-hydroxylation sites is 1. The molecule has 4 nitrogen and oxygen atoms in total. The molecule has 6 heteroatoms. The predicted molar refractivity (Wildman–Crippen MR) is 130 cm³/mol. The van der Waals surface area contributed by atoms with Crippen LogP contribution in [-0.2, 0) is 9.59 Å². The fraction of sp³-hybridized carbons (Fsp3) is 0.185. The minimum Gasteiger partial charge on any atom is -0.457 e. The number of hydrogen-bond acceptors (Lipinski definition) is 3. The van der Waals surface area contributed by atoms with Crippen LogP contribution in [0.2, 0.25) is 10.0 Å². The lowest BCUT2D eigenvalue weighted by Gasteiger charge is -2.38. The molecule has 1 amide bonds. The number of rotatable bonds is 4. The monoisotopic (exact) mass is 477 g/mol. The Bertz CT molecular complexity index is 1250. The van der Waals surface area contributed by atoms with Crippen LogP contribution in [0.25, 0.3) is 0 Å². The number of anilines is 1. The van der Waals surface area contributed by atoms with Gasteiger partial charge in [-0.3, -0.25) is 14.5 Å². The van der Waals surface area contributed by atoms with Crippen molar-refractivity contribution in [2.24, 2.45) is 0 Å². The first-order valence-electron chi connectivity index (χ1n) is 10.9. The molecule has 0 fully saturated rings. The van der Waals surface area contributed by atoms with Crippen molar-refractivity contribution < 1.29 is 14.3 Å². The number of amides is 1. The molecular weight excluding hydrogens is 457 g/mol. The van der Waals surface area contributed by atoms with E-state index in [2.05, 4.69) is 0 Å². The second-order valence-electron chi connectivity index (χ2n) is 8.20. The molecule has 0 saturated carbocycles. The molecule has 3 aromatic rings. The Hall–Kier alpha value is -3.08. The Morgan fingerprint density at radius 1 is 0.848 bits per heavy atom. The first-order chi connectivity index (χ1) is 16.0. The minimum atomic E-state index is -0.359. The summed E-state index contributed by atoms with van der Waals surface area (Å²) in [4.78, 5) is 28.1. The third-order valence-corrected chi connectivity index (χ3v) is 6.65. The Morgan fingerprint density at radius 3 is 2.30 bits per heavy atom. The first-order valence-corrected chi connectivity index (χ1v) is 11.6. The predicted octanol–water partition coefficient (Wildman–Crippen LogP) is 7.31. The Morgan fingerprint density at radius 2 is 1.58 bits per heavy atom. The number of halogens is 2. The van der Waals surface area contributed by atoms with E-state index in [4.69, 9.17) is 27.9 Å². The van der Waals surface area contributed by atoms with Crippen LogP contribution in [0.5, 0.6) is 11.5 Å². The number of carbonyl (C=O) groups is 2. The highest BCUT2D eigenvalue weighted by atomic mass is 35.5. The summed E-state index contributed by atoms with van der Waals surface area (Å²) < 4.78 is 5.87. The second kappa shape index (κ2) is 9.05. The summed E-state index contributed by atoms with van der Waals surface area (Å²) in [6, 6.07) is 22.1. The molecule has 0 bridgehead atoms. The van der Waals surface area contributed by atoms with E-state index < -0.39 is 0 Å². The van der Waals surface area contributed by atoms with E-state index in [9.17, 15) is 9.59 Å². The third-order valence-electron chi connectivity index (χ3n) is 6.09. The van der Waals surface area contributed by atoms with Gasteiger partial charge in [-0.25, -0.2) is 0 Å². The summed E-state index contributed by atoms with van der Waals surface area (Å²) in [7, 11) is 0. The van der Waals surface area contributed by atoms with Crippen molar-refractivity contribution in [1.82, 2.24) is 0 Å². The molecule has 166 valence electrons. The Labute approximate surface area is 202 Å². The lowest BCUT2D eigenvalue weighted by molar-refractivity contribution is -0.119. The van der Waals surface area contributed by atoms with Gasteiger partial charge in [-0.1, -0.05) is 47.5 Å². The van der Waals surface area contributed by atoms with E-state index in [1.807, 2.05) is 60.7 Å². The number of Topliss-reactive ketones (excluding diaryl/α,β-unsaturated/α-hetero) is 1. The third kappa shape index (κ3) is 4.29. The molecule has 1 atom stereocenters. The van der Waals surface area contributed by atoms with E-state index in [0.29, 0.717) is 34.2 Å².